The van der Waals surface area contributed by atoms with Crippen molar-refractivity contribution in [1.29, 1.82) is 5.26 Å². The van der Waals surface area contributed by atoms with Gasteiger partial charge in [0.15, 0.2) is 5.65 Å². The molecule has 0 bridgehead atoms. The largest absolute Gasteiger partial charge is 0.461 e. The first-order valence-corrected chi connectivity index (χ1v) is 5.67. The van der Waals surface area contributed by atoms with E-state index in [1.54, 1.807) is 13.0 Å². The fraction of sp³-hybridized carbons (Fsp3) is 0.333. The van der Waals surface area contributed by atoms with Gasteiger partial charge in [-0.1, -0.05) is 0 Å². The molecule has 0 unspecified atom stereocenters. The Morgan fingerprint density at radius 2 is 2.42 bits per heavy atom. The van der Waals surface area contributed by atoms with E-state index < -0.39 is 12.1 Å². The van der Waals surface area contributed by atoms with E-state index in [9.17, 15) is 9.59 Å². The number of rotatable bonds is 3. The number of nitrogens with zero attached hydrogens (tertiary/aromatic N) is 3. The predicted octanol–water partition coefficient (Wildman–Crippen LogP) is 0.548. The van der Waals surface area contributed by atoms with Crippen LogP contribution in [0.1, 0.15) is 19.4 Å². The molecule has 0 radical (unpaired) electrons. The number of carbonyl (C=O) groups excluding carboxylic acids is 1. The maximum Gasteiger partial charge on any atom is 0.327 e. The van der Waals surface area contributed by atoms with Gasteiger partial charge in [-0.25, -0.2) is 9.78 Å². The molecule has 2 aromatic heterocycles. The van der Waals surface area contributed by atoms with Crippen molar-refractivity contribution in [2.75, 3.05) is 0 Å². The highest BCUT2D eigenvalue weighted by molar-refractivity contribution is 5.72. The summed E-state index contributed by atoms with van der Waals surface area (Å²) in [6.45, 7) is 3.21. The van der Waals surface area contributed by atoms with Gasteiger partial charge in [-0.3, -0.25) is 9.36 Å². The van der Waals surface area contributed by atoms with Crippen molar-refractivity contribution in [3.63, 3.8) is 0 Å². The van der Waals surface area contributed by atoms with Crippen molar-refractivity contribution < 1.29 is 9.53 Å². The molecular formula is C12H12N4O3. The van der Waals surface area contributed by atoms with Gasteiger partial charge >= 0.3 is 11.7 Å². The number of fused-ring (bicyclic) bond motifs is 1. The van der Waals surface area contributed by atoms with E-state index in [-0.39, 0.29) is 12.2 Å². The molecule has 19 heavy (non-hydrogen) atoms. The lowest BCUT2D eigenvalue weighted by Gasteiger charge is -2.11. The van der Waals surface area contributed by atoms with Crippen LogP contribution < -0.4 is 5.69 Å². The van der Waals surface area contributed by atoms with E-state index in [0.29, 0.717) is 16.7 Å². The number of pyridine rings is 1. The summed E-state index contributed by atoms with van der Waals surface area (Å²) >= 11 is 0. The quantitative estimate of drug-likeness (QED) is 0.812. The van der Waals surface area contributed by atoms with Crippen LogP contribution in [0.2, 0.25) is 0 Å². The van der Waals surface area contributed by atoms with Crippen LogP contribution in [0.4, 0.5) is 0 Å². The highest BCUT2D eigenvalue weighted by atomic mass is 16.5. The molecule has 98 valence electrons. The van der Waals surface area contributed by atoms with Gasteiger partial charge in [-0.2, -0.15) is 5.26 Å². The van der Waals surface area contributed by atoms with E-state index >= 15 is 0 Å². The van der Waals surface area contributed by atoms with Crippen LogP contribution in [0.5, 0.6) is 0 Å². The van der Waals surface area contributed by atoms with Gasteiger partial charge in [0.1, 0.15) is 12.2 Å². The number of esters is 1. The number of aromatic nitrogens is 3. The summed E-state index contributed by atoms with van der Waals surface area (Å²) in [6, 6.07) is 3.50. The van der Waals surface area contributed by atoms with Crippen LogP contribution in [0.25, 0.3) is 11.2 Å². The molecular weight excluding hydrogens is 248 g/mol. The van der Waals surface area contributed by atoms with Crippen molar-refractivity contribution in [2.24, 2.45) is 0 Å². The number of carbonyl (C=O) groups is 1. The number of hydrogen-bond acceptors (Lipinski definition) is 5. The normalized spacial score (nSPS) is 12.1. The van der Waals surface area contributed by atoms with Crippen LogP contribution in [0.15, 0.2) is 17.1 Å². The highest BCUT2D eigenvalue weighted by Gasteiger charge is 2.13. The van der Waals surface area contributed by atoms with Crippen LogP contribution in [0, 0.1) is 11.3 Å². The third-order valence-corrected chi connectivity index (χ3v) is 2.55. The molecule has 0 saturated heterocycles. The second-order valence-corrected chi connectivity index (χ2v) is 4.17. The zero-order valence-electron chi connectivity index (χ0n) is 10.5. The number of imidazole rings is 1. The van der Waals surface area contributed by atoms with Crippen LogP contribution in [-0.2, 0) is 16.1 Å². The van der Waals surface area contributed by atoms with Gasteiger partial charge in [0.25, 0.3) is 0 Å². The number of nitrogens with one attached hydrogen (secondary N) is 1. The fourth-order valence-corrected chi connectivity index (χ4v) is 1.85. The monoisotopic (exact) mass is 260 g/mol. The molecule has 7 nitrogen and oxygen atoms in total. The number of ether oxygens (including phenoxy) is 1. The van der Waals surface area contributed by atoms with Gasteiger partial charge in [0.2, 0.25) is 0 Å². The van der Waals surface area contributed by atoms with E-state index in [1.807, 2.05) is 6.07 Å². The summed E-state index contributed by atoms with van der Waals surface area (Å²) in [7, 11) is 0. The zero-order valence-corrected chi connectivity index (χ0v) is 10.5. The molecule has 0 aromatic carbocycles. The van der Waals surface area contributed by atoms with Gasteiger partial charge in [-0.15, -0.1) is 0 Å². The van der Waals surface area contributed by atoms with Crippen LogP contribution in [-0.4, -0.2) is 26.6 Å². The minimum absolute atomic E-state index is 0.206. The van der Waals surface area contributed by atoms with Gasteiger partial charge in [0, 0.05) is 13.1 Å². The Balaban J connectivity index is 2.38. The molecule has 0 amide bonds. The lowest BCUT2D eigenvalue weighted by atomic mass is 10.3. The summed E-state index contributed by atoms with van der Waals surface area (Å²) in [5.41, 5.74) is 0.938. The first-order chi connectivity index (χ1) is 9.01. The SMILES string of the molecule is CC(=O)O[C@H](C)Cn1c(=O)[nH]c2cc(C#N)cnc21. The summed E-state index contributed by atoms with van der Waals surface area (Å²) in [4.78, 5) is 29.3. The topological polar surface area (TPSA) is 101 Å². The van der Waals surface area contributed by atoms with E-state index in [2.05, 4.69) is 9.97 Å². The molecule has 7 heteroatoms. The molecule has 0 saturated carbocycles. The lowest BCUT2D eigenvalue weighted by molar-refractivity contribution is -0.146. The number of nitriles is 1. The molecule has 2 aromatic rings. The first kappa shape index (κ1) is 12.8. The Morgan fingerprint density at radius 3 is 3.05 bits per heavy atom. The minimum Gasteiger partial charge on any atom is -0.461 e. The summed E-state index contributed by atoms with van der Waals surface area (Å²) < 4.78 is 6.36. The number of H-pyrrole nitrogens is 1. The summed E-state index contributed by atoms with van der Waals surface area (Å²) in [5, 5.41) is 8.77. The van der Waals surface area contributed by atoms with E-state index in [4.69, 9.17) is 10.00 Å². The van der Waals surface area contributed by atoms with Crippen molar-refractivity contribution in [3.8, 4) is 6.07 Å². The predicted molar refractivity (Wildman–Crippen MR) is 66.3 cm³/mol. The van der Waals surface area contributed by atoms with E-state index in [0.717, 1.165) is 0 Å². The Bertz CT molecular complexity index is 723. The van der Waals surface area contributed by atoms with Crippen LogP contribution >= 0.6 is 0 Å². The standard InChI is InChI=1S/C12H12N4O3/c1-7(19-8(2)17)6-16-11-10(15-12(16)18)3-9(4-13)5-14-11/h3,5,7H,6H2,1-2H3,(H,15,18)/t7-/m1/s1. The molecule has 0 spiro atoms. The van der Waals surface area contributed by atoms with Gasteiger partial charge < -0.3 is 9.72 Å². The van der Waals surface area contributed by atoms with Crippen molar-refractivity contribution in [2.45, 2.75) is 26.5 Å². The smallest absolute Gasteiger partial charge is 0.327 e. The van der Waals surface area contributed by atoms with E-state index in [1.165, 1.54) is 17.7 Å². The molecule has 2 rings (SSSR count). The average molecular weight is 260 g/mol. The molecule has 1 N–H and O–H groups in total. The van der Waals surface area contributed by atoms with Crippen LogP contribution in [0.3, 0.4) is 0 Å². The Labute approximate surface area is 108 Å². The zero-order chi connectivity index (χ0) is 14.0. The maximum atomic E-state index is 11.8. The van der Waals surface area contributed by atoms with Crippen molar-refractivity contribution in [3.05, 3.63) is 28.3 Å². The average Bonchev–Trinajstić information content (AvgIpc) is 2.64. The maximum absolute atomic E-state index is 11.8. The minimum atomic E-state index is -0.438. The third-order valence-electron chi connectivity index (χ3n) is 2.55. The van der Waals surface area contributed by atoms with Crippen molar-refractivity contribution in [1.82, 2.24) is 14.5 Å². The number of hydrogen-bond donors (Lipinski definition) is 1. The third kappa shape index (κ3) is 2.63. The fourth-order valence-electron chi connectivity index (χ4n) is 1.85. The second-order valence-electron chi connectivity index (χ2n) is 4.17. The molecule has 0 aliphatic rings. The summed E-state index contributed by atoms with van der Waals surface area (Å²) in [5.74, 6) is -0.403. The molecule has 0 aliphatic carbocycles. The molecule has 1 atom stereocenters. The summed E-state index contributed by atoms with van der Waals surface area (Å²) in [6.07, 6.45) is 0.953. The first-order valence-electron chi connectivity index (χ1n) is 5.67. The molecule has 0 aliphatic heterocycles. The molecule has 0 fully saturated rings. The Hall–Kier alpha value is -2.62. The molecule has 2 heterocycles. The lowest BCUT2D eigenvalue weighted by Crippen LogP contribution is -2.26. The van der Waals surface area contributed by atoms with Gasteiger partial charge in [-0.05, 0) is 13.0 Å². The Morgan fingerprint density at radius 1 is 1.68 bits per heavy atom. The van der Waals surface area contributed by atoms with Crippen molar-refractivity contribution >= 4 is 17.1 Å². The van der Waals surface area contributed by atoms with Gasteiger partial charge in [0.05, 0.1) is 17.6 Å². The second kappa shape index (κ2) is 4.94. The Kier molecular flexibility index (Phi) is 3.33. The highest BCUT2D eigenvalue weighted by Crippen LogP contribution is 2.10. The number of aromatic amines is 1.